The highest BCUT2D eigenvalue weighted by Gasteiger charge is 2.43. The topological polar surface area (TPSA) is 70.6 Å². The predicted molar refractivity (Wildman–Crippen MR) is 106 cm³/mol. The average Bonchev–Trinajstić information content (AvgIpc) is 2.63. The van der Waals surface area contributed by atoms with Crippen molar-refractivity contribution in [3.05, 3.63) is 59.7 Å². The Kier molecular flexibility index (Phi) is 4.23. The van der Waals surface area contributed by atoms with Gasteiger partial charge in [-0.1, -0.05) is 42.0 Å². The highest BCUT2D eigenvalue weighted by Crippen LogP contribution is 2.38. The maximum Gasteiger partial charge on any atom is 0.150 e. The smallest absolute Gasteiger partial charge is 0.150 e. The molecule has 5 nitrogen and oxygen atoms in total. The van der Waals surface area contributed by atoms with Gasteiger partial charge in [-0.05, 0) is 37.5 Å². The Balaban J connectivity index is 1.64. The highest BCUT2D eigenvalue weighted by molar-refractivity contribution is 7.91. The lowest BCUT2D eigenvalue weighted by Crippen LogP contribution is -2.57. The SMILES string of the molecule is Cc1cccc(CNC2=Nc3ccccc3NC23CCS(=O)(=O)CC3)c1. The molecule has 26 heavy (non-hydrogen) atoms. The summed E-state index contributed by atoms with van der Waals surface area (Å²) >= 11 is 0. The first-order chi connectivity index (χ1) is 12.5. The largest absolute Gasteiger partial charge is 0.371 e. The molecule has 2 aromatic carbocycles. The third-order valence-electron chi connectivity index (χ3n) is 5.19. The number of aryl methyl sites for hydroxylation is 1. The van der Waals surface area contributed by atoms with Crippen LogP contribution in [-0.2, 0) is 16.4 Å². The van der Waals surface area contributed by atoms with Crippen molar-refractivity contribution in [2.24, 2.45) is 4.99 Å². The number of hydrogen-bond donors (Lipinski definition) is 2. The molecule has 0 atom stereocenters. The van der Waals surface area contributed by atoms with Gasteiger partial charge in [0.2, 0.25) is 0 Å². The lowest BCUT2D eigenvalue weighted by atomic mass is 9.88. The number of hydrogen-bond acceptors (Lipinski definition) is 5. The van der Waals surface area contributed by atoms with Crippen molar-refractivity contribution in [1.82, 2.24) is 5.32 Å². The molecule has 6 heteroatoms. The molecule has 4 rings (SSSR count). The minimum absolute atomic E-state index is 0.188. The zero-order valence-electron chi connectivity index (χ0n) is 14.8. The number of sulfone groups is 1. The first kappa shape index (κ1) is 17.1. The van der Waals surface area contributed by atoms with Crippen LogP contribution in [0.15, 0.2) is 53.5 Å². The molecule has 0 radical (unpaired) electrons. The van der Waals surface area contributed by atoms with E-state index in [9.17, 15) is 8.42 Å². The molecule has 2 aliphatic heterocycles. The number of rotatable bonds is 2. The number of anilines is 1. The molecular weight excluding hydrogens is 346 g/mol. The molecular formula is C20H23N3O2S. The van der Waals surface area contributed by atoms with Crippen LogP contribution in [0.5, 0.6) is 0 Å². The van der Waals surface area contributed by atoms with Crippen molar-refractivity contribution in [2.45, 2.75) is 31.8 Å². The van der Waals surface area contributed by atoms with Crippen LogP contribution in [0.2, 0.25) is 0 Å². The van der Waals surface area contributed by atoms with E-state index in [0.29, 0.717) is 19.4 Å². The monoisotopic (exact) mass is 369 g/mol. The second-order valence-corrected chi connectivity index (χ2v) is 9.48. The number of benzene rings is 2. The van der Waals surface area contributed by atoms with Crippen LogP contribution in [-0.4, -0.2) is 31.3 Å². The molecule has 2 N–H and O–H groups in total. The second-order valence-electron chi connectivity index (χ2n) is 7.18. The second kappa shape index (κ2) is 6.43. The van der Waals surface area contributed by atoms with E-state index in [1.54, 1.807) is 0 Å². The Morgan fingerprint density at radius 3 is 2.65 bits per heavy atom. The van der Waals surface area contributed by atoms with Crippen LogP contribution in [0.25, 0.3) is 0 Å². The van der Waals surface area contributed by atoms with Crippen LogP contribution < -0.4 is 10.6 Å². The Morgan fingerprint density at radius 2 is 1.88 bits per heavy atom. The van der Waals surface area contributed by atoms with Crippen LogP contribution in [0.1, 0.15) is 24.0 Å². The predicted octanol–water partition coefficient (Wildman–Crippen LogP) is 3.19. The number of nitrogens with zero attached hydrogens (tertiary/aromatic N) is 1. The molecule has 0 saturated carbocycles. The number of amidine groups is 1. The van der Waals surface area contributed by atoms with Gasteiger partial charge >= 0.3 is 0 Å². The quantitative estimate of drug-likeness (QED) is 0.853. The Hall–Kier alpha value is -2.34. The highest BCUT2D eigenvalue weighted by atomic mass is 32.2. The summed E-state index contributed by atoms with van der Waals surface area (Å²) in [5.74, 6) is 1.22. The summed E-state index contributed by atoms with van der Waals surface area (Å²) in [6.45, 7) is 2.74. The van der Waals surface area contributed by atoms with E-state index in [2.05, 4.69) is 35.8 Å². The molecule has 1 spiro atoms. The van der Waals surface area contributed by atoms with Crippen molar-refractivity contribution in [2.75, 3.05) is 16.8 Å². The third kappa shape index (κ3) is 3.33. The lowest BCUT2D eigenvalue weighted by molar-refractivity contribution is 0.505. The molecule has 0 bridgehead atoms. The van der Waals surface area contributed by atoms with E-state index in [0.717, 1.165) is 17.2 Å². The maximum absolute atomic E-state index is 12.0. The summed E-state index contributed by atoms with van der Waals surface area (Å²) in [4.78, 5) is 4.86. The average molecular weight is 369 g/mol. The van der Waals surface area contributed by atoms with E-state index in [1.807, 2.05) is 30.3 Å². The molecule has 0 aliphatic carbocycles. The van der Waals surface area contributed by atoms with Gasteiger partial charge in [-0.2, -0.15) is 0 Å². The van der Waals surface area contributed by atoms with Crippen LogP contribution in [0, 0.1) is 6.92 Å². The molecule has 2 heterocycles. The summed E-state index contributed by atoms with van der Waals surface area (Å²) in [6.07, 6.45) is 1.06. The fraction of sp³-hybridized carbons (Fsp3) is 0.350. The minimum atomic E-state index is -2.95. The molecule has 1 saturated heterocycles. The molecule has 136 valence electrons. The summed E-state index contributed by atoms with van der Waals surface area (Å²) in [7, 11) is -2.95. The molecule has 2 aliphatic rings. The van der Waals surface area contributed by atoms with Gasteiger partial charge in [-0.3, -0.25) is 0 Å². The molecule has 1 fully saturated rings. The van der Waals surface area contributed by atoms with Crippen molar-refractivity contribution in [1.29, 1.82) is 0 Å². The summed E-state index contributed by atoms with van der Waals surface area (Å²) in [5, 5.41) is 7.08. The standard InChI is InChI=1S/C20H23N3O2S/c1-15-5-4-6-16(13-15)14-21-19-20(9-11-26(24,25)12-10-20)23-18-8-3-2-7-17(18)22-19/h2-8,13,23H,9-12,14H2,1H3,(H,21,22). The number of para-hydroxylation sites is 2. The van der Waals surface area contributed by atoms with Crippen molar-refractivity contribution >= 4 is 27.0 Å². The van der Waals surface area contributed by atoms with Gasteiger partial charge in [0.05, 0.1) is 28.4 Å². The molecule has 2 aromatic rings. The Morgan fingerprint density at radius 1 is 1.12 bits per heavy atom. The van der Waals surface area contributed by atoms with Gasteiger partial charge in [-0.15, -0.1) is 0 Å². The van der Waals surface area contributed by atoms with Gasteiger partial charge < -0.3 is 10.6 Å². The Labute approximate surface area is 154 Å². The summed E-state index contributed by atoms with van der Waals surface area (Å²) < 4.78 is 23.9. The van der Waals surface area contributed by atoms with Crippen molar-refractivity contribution < 1.29 is 8.42 Å². The van der Waals surface area contributed by atoms with E-state index in [1.165, 1.54) is 11.1 Å². The number of nitrogens with one attached hydrogen (secondary N) is 2. The van der Waals surface area contributed by atoms with E-state index in [4.69, 9.17) is 4.99 Å². The van der Waals surface area contributed by atoms with Gasteiger partial charge in [0.1, 0.15) is 5.84 Å². The van der Waals surface area contributed by atoms with Gasteiger partial charge in [0.25, 0.3) is 0 Å². The Bertz CT molecular complexity index is 953. The van der Waals surface area contributed by atoms with E-state index in [-0.39, 0.29) is 11.5 Å². The maximum atomic E-state index is 12.0. The zero-order valence-corrected chi connectivity index (χ0v) is 15.6. The van der Waals surface area contributed by atoms with Crippen LogP contribution >= 0.6 is 0 Å². The first-order valence-corrected chi connectivity index (χ1v) is 10.7. The third-order valence-corrected chi connectivity index (χ3v) is 6.84. The number of fused-ring (bicyclic) bond motifs is 1. The fourth-order valence-corrected chi connectivity index (χ4v) is 5.21. The van der Waals surface area contributed by atoms with E-state index < -0.39 is 15.4 Å². The lowest BCUT2D eigenvalue weighted by Gasteiger charge is -2.42. The minimum Gasteiger partial charge on any atom is -0.371 e. The molecule has 0 aromatic heterocycles. The summed E-state index contributed by atoms with van der Waals surface area (Å²) in [6, 6.07) is 16.3. The summed E-state index contributed by atoms with van der Waals surface area (Å²) in [5.41, 5.74) is 3.82. The van der Waals surface area contributed by atoms with Gasteiger partial charge in [0, 0.05) is 6.54 Å². The normalized spacial score (nSPS) is 20.0. The van der Waals surface area contributed by atoms with Crippen molar-refractivity contribution in [3.63, 3.8) is 0 Å². The molecule has 0 amide bonds. The zero-order chi connectivity index (χ0) is 18.2. The van der Waals surface area contributed by atoms with Gasteiger partial charge in [-0.25, -0.2) is 13.4 Å². The van der Waals surface area contributed by atoms with Crippen LogP contribution in [0.4, 0.5) is 11.4 Å². The molecule has 0 unspecified atom stereocenters. The van der Waals surface area contributed by atoms with Crippen LogP contribution in [0.3, 0.4) is 0 Å². The first-order valence-electron chi connectivity index (χ1n) is 8.92. The van der Waals surface area contributed by atoms with Crippen molar-refractivity contribution in [3.8, 4) is 0 Å². The van der Waals surface area contributed by atoms with Gasteiger partial charge in [0.15, 0.2) is 9.84 Å². The number of aliphatic imine (C=N–C) groups is 1. The van der Waals surface area contributed by atoms with E-state index >= 15 is 0 Å². The fourth-order valence-electron chi connectivity index (χ4n) is 3.69.